The van der Waals surface area contributed by atoms with Crippen LogP contribution in [0.25, 0.3) is 11.5 Å². The zero-order valence-electron chi connectivity index (χ0n) is 11.1. The fraction of sp³-hybridized carbons (Fsp3) is 0.231. The molecular weight excluding hydrogens is 358 g/mol. The molecule has 0 N–H and O–H groups in total. The van der Waals surface area contributed by atoms with E-state index < -0.39 is 0 Å². The predicted molar refractivity (Wildman–Crippen MR) is 80.8 cm³/mol. The van der Waals surface area contributed by atoms with E-state index in [0.717, 1.165) is 10.0 Å². The van der Waals surface area contributed by atoms with E-state index in [2.05, 4.69) is 36.4 Å². The van der Waals surface area contributed by atoms with Gasteiger partial charge >= 0.3 is 0 Å². The van der Waals surface area contributed by atoms with Gasteiger partial charge in [-0.1, -0.05) is 17.3 Å². The summed E-state index contributed by atoms with van der Waals surface area (Å²) in [6, 6.07) is 7.67. The molecule has 0 amide bonds. The highest BCUT2D eigenvalue weighted by Crippen LogP contribution is 2.26. The average molecular weight is 369 g/mol. The average Bonchev–Trinajstić information content (AvgIpc) is 3.09. The van der Waals surface area contributed by atoms with Gasteiger partial charge in [0.1, 0.15) is 12.2 Å². The molecule has 2 heterocycles. The molecule has 0 radical (unpaired) electrons. The minimum absolute atomic E-state index is 0.183. The lowest BCUT2D eigenvalue weighted by Crippen LogP contribution is -2.00. The van der Waals surface area contributed by atoms with E-state index in [9.17, 15) is 0 Å². The fourth-order valence-electron chi connectivity index (χ4n) is 1.77. The van der Waals surface area contributed by atoms with Gasteiger partial charge in [0.15, 0.2) is 0 Å². The zero-order valence-corrected chi connectivity index (χ0v) is 13.4. The Kier molecular flexibility index (Phi) is 4.03. The highest BCUT2D eigenvalue weighted by Gasteiger charge is 2.13. The first-order valence-electron chi connectivity index (χ1n) is 6.25. The van der Waals surface area contributed by atoms with E-state index in [-0.39, 0.29) is 5.38 Å². The molecule has 6 nitrogen and oxygen atoms in total. The number of halogens is 2. The molecule has 0 fully saturated rings. The van der Waals surface area contributed by atoms with Crippen LogP contribution in [0.1, 0.15) is 23.9 Å². The molecule has 0 saturated heterocycles. The maximum absolute atomic E-state index is 5.95. The van der Waals surface area contributed by atoms with Crippen molar-refractivity contribution in [2.45, 2.75) is 18.8 Å². The number of aromatic nitrogens is 5. The number of nitrogens with zero attached hydrogens (tertiary/aromatic N) is 5. The standard InChI is InChI=1S/C13H11BrClN5O/c1-8(15)11-6-20(19-16-11)7-12-17-18-13(21-12)9-4-2-3-5-10(9)14/h2-6,8H,7H2,1H3. The van der Waals surface area contributed by atoms with E-state index in [1.54, 1.807) is 10.9 Å². The van der Waals surface area contributed by atoms with Crippen molar-refractivity contribution in [1.82, 2.24) is 25.2 Å². The molecule has 1 unspecified atom stereocenters. The molecule has 0 spiro atoms. The van der Waals surface area contributed by atoms with Crippen LogP contribution in [0.5, 0.6) is 0 Å². The fourth-order valence-corrected chi connectivity index (χ4v) is 2.33. The second kappa shape index (κ2) is 5.95. The van der Waals surface area contributed by atoms with E-state index in [0.29, 0.717) is 24.0 Å². The van der Waals surface area contributed by atoms with Gasteiger partial charge in [-0.3, -0.25) is 0 Å². The first kappa shape index (κ1) is 14.2. The van der Waals surface area contributed by atoms with Crippen LogP contribution in [0, 0.1) is 0 Å². The highest BCUT2D eigenvalue weighted by atomic mass is 79.9. The summed E-state index contributed by atoms with van der Waals surface area (Å²) in [5.41, 5.74) is 1.56. The third kappa shape index (κ3) is 3.14. The molecule has 0 aliphatic rings. The molecule has 0 saturated carbocycles. The summed E-state index contributed by atoms with van der Waals surface area (Å²) >= 11 is 9.41. The molecule has 3 rings (SSSR count). The van der Waals surface area contributed by atoms with E-state index >= 15 is 0 Å². The number of benzene rings is 1. The molecule has 0 bridgehead atoms. The SMILES string of the molecule is CC(Cl)c1cn(Cc2nnc(-c3ccccc3Br)o2)nn1. The first-order chi connectivity index (χ1) is 10.1. The van der Waals surface area contributed by atoms with E-state index in [1.165, 1.54) is 0 Å². The Morgan fingerprint density at radius 2 is 2.10 bits per heavy atom. The Balaban J connectivity index is 1.80. The molecule has 1 atom stereocenters. The Morgan fingerprint density at radius 1 is 1.29 bits per heavy atom. The zero-order chi connectivity index (χ0) is 14.8. The summed E-state index contributed by atoms with van der Waals surface area (Å²) < 4.78 is 8.17. The summed E-state index contributed by atoms with van der Waals surface area (Å²) in [5.74, 6) is 0.919. The third-order valence-electron chi connectivity index (χ3n) is 2.83. The summed E-state index contributed by atoms with van der Waals surface area (Å²) in [6.45, 7) is 2.20. The maximum atomic E-state index is 5.95. The van der Waals surface area contributed by atoms with Gasteiger partial charge in [-0.2, -0.15) is 0 Å². The van der Waals surface area contributed by atoms with Crippen molar-refractivity contribution >= 4 is 27.5 Å². The molecule has 8 heteroatoms. The number of hydrogen-bond donors (Lipinski definition) is 0. The summed E-state index contributed by atoms with van der Waals surface area (Å²) in [5, 5.41) is 15.8. The predicted octanol–water partition coefficient (Wildman–Crippen LogP) is 3.44. The van der Waals surface area contributed by atoms with Crippen LogP contribution >= 0.6 is 27.5 Å². The summed E-state index contributed by atoms with van der Waals surface area (Å²) in [6.07, 6.45) is 1.76. The van der Waals surface area contributed by atoms with Gasteiger partial charge in [0.25, 0.3) is 0 Å². The van der Waals surface area contributed by atoms with Gasteiger partial charge in [-0.05, 0) is 35.0 Å². The van der Waals surface area contributed by atoms with Gasteiger partial charge in [0.2, 0.25) is 11.8 Å². The molecule has 21 heavy (non-hydrogen) atoms. The van der Waals surface area contributed by atoms with Crippen LogP contribution in [0.3, 0.4) is 0 Å². The van der Waals surface area contributed by atoms with Crippen molar-refractivity contribution in [3.8, 4) is 11.5 Å². The summed E-state index contributed by atoms with van der Waals surface area (Å²) in [4.78, 5) is 0. The van der Waals surface area contributed by atoms with Crippen molar-refractivity contribution in [1.29, 1.82) is 0 Å². The Bertz CT molecular complexity index is 754. The normalized spacial score (nSPS) is 12.5. The molecule has 1 aromatic carbocycles. The van der Waals surface area contributed by atoms with Crippen molar-refractivity contribution in [3.05, 3.63) is 46.5 Å². The van der Waals surface area contributed by atoms with Gasteiger partial charge < -0.3 is 4.42 Å². The molecular formula is C13H11BrClN5O. The molecule has 108 valence electrons. The molecule has 2 aromatic heterocycles. The quantitative estimate of drug-likeness (QED) is 0.660. The number of alkyl halides is 1. The first-order valence-corrected chi connectivity index (χ1v) is 7.48. The Hall–Kier alpha value is -1.73. The van der Waals surface area contributed by atoms with Gasteiger partial charge in [-0.15, -0.1) is 26.9 Å². The second-order valence-electron chi connectivity index (χ2n) is 4.44. The van der Waals surface area contributed by atoms with Crippen LogP contribution in [-0.4, -0.2) is 25.2 Å². The Labute approximate surface area is 134 Å². The Morgan fingerprint density at radius 3 is 2.81 bits per heavy atom. The molecule has 3 aromatic rings. The number of rotatable bonds is 4. The largest absolute Gasteiger partial charge is 0.419 e. The lowest BCUT2D eigenvalue weighted by molar-refractivity contribution is 0.469. The van der Waals surface area contributed by atoms with Crippen LogP contribution in [0.4, 0.5) is 0 Å². The van der Waals surface area contributed by atoms with Crippen LogP contribution in [-0.2, 0) is 6.54 Å². The van der Waals surface area contributed by atoms with Crippen molar-refractivity contribution in [3.63, 3.8) is 0 Å². The van der Waals surface area contributed by atoms with Crippen molar-refractivity contribution < 1.29 is 4.42 Å². The van der Waals surface area contributed by atoms with Crippen molar-refractivity contribution in [2.24, 2.45) is 0 Å². The van der Waals surface area contributed by atoms with Crippen LogP contribution < -0.4 is 0 Å². The van der Waals surface area contributed by atoms with Gasteiger partial charge in [0, 0.05) is 4.47 Å². The van der Waals surface area contributed by atoms with E-state index in [1.807, 2.05) is 31.2 Å². The van der Waals surface area contributed by atoms with Gasteiger partial charge in [0.05, 0.1) is 17.1 Å². The lowest BCUT2D eigenvalue weighted by atomic mass is 10.2. The number of hydrogen-bond acceptors (Lipinski definition) is 5. The minimum Gasteiger partial charge on any atom is -0.419 e. The van der Waals surface area contributed by atoms with Crippen molar-refractivity contribution in [2.75, 3.05) is 0 Å². The molecule has 0 aliphatic carbocycles. The smallest absolute Gasteiger partial charge is 0.248 e. The summed E-state index contributed by atoms with van der Waals surface area (Å²) in [7, 11) is 0. The topological polar surface area (TPSA) is 69.6 Å². The van der Waals surface area contributed by atoms with E-state index in [4.69, 9.17) is 16.0 Å². The third-order valence-corrected chi connectivity index (χ3v) is 3.75. The maximum Gasteiger partial charge on any atom is 0.248 e. The lowest BCUT2D eigenvalue weighted by Gasteiger charge is -1.97. The molecule has 0 aliphatic heterocycles. The van der Waals surface area contributed by atoms with Crippen LogP contribution in [0.15, 0.2) is 39.4 Å². The second-order valence-corrected chi connectivity index (χ2v) is 5.95. The monoisotopic (exact) mass is 367 g/mol. The minimum atomic E-state index is -0.183. The van der Waals surface area contributed by atoms with Crippen LogP contribution in [0.2, 0.25) is 0 Å². The highest BCUT2D eigenvalue weighted by molar-refractivity contribution is 9.10. The van der Waals surface area contributed by atoms with Gasteiger partial charge in [-0.25, -0.2) is 4.68 Å².